The van der Waals surface area contributed by atoms with Crippen LogP contribution in [-0.4, -0.2) is 61.6 Å². The molecule has 2 heterocycles. The molecule has 0 radical (unpaired) electrons. The van der Waals surface area contributed by atoms with Gasteiger partial charge in [-0.1, -0.05) is 0 Å². The maximum Gasteiger partial charge on any atom is 0.286 e. The summed E-state index contributed by atoms with van der Waals surface area (Å²) in [6.07, 6.45) is -4.08. The van der Waals surface area contributed by atoms with Gasteiger partial charge in [-0.25, -0.2) is 16.7 Å². The van der Waals surface area contributed by atoms with E-state index in [9.17, 15) is 19.8 Å². The van der Waals surface area contributed by atoms with Crippen molar-refractivity contribution in [2.75, 3.05) is 6.61 Å². The van der Waals surface area contributed by atoms with Crippen molar-refractivity contribution in [2.24, 2.45) is 11.7 Å². The number of carbonyl (C=O) groups is 2. The number of nitrogens with one attached hydrogen (secondary N) is 2. The van der Waals surface area contributed by atoms with Crippen LogP contribution in [-0.2, 0) is 4.74 Å². The normalized spacial score (nSPS) is 27.7. The van der Waals surface area contributed by atoms with Crippen molar-refractivity contribution in [1.82, 2.24) is 20.4 Å². The monoisotopic (exact) mass is 316 g/mol. The number of imidazole rings is 1. The van der Waals surface area contributed by atoms with Crippen LogP contribution in [0.2, 0.25) is 0 Å². The van der Waals surface area contributed by atoms with E-state index in [1.54, 1.807) is 0 Å². The molecule has 4 atom stereocenters. The number of aliphatic hydroxyl groups is 3. The predicted molar refractivity (Wildman–Crippen MR) is 68.5 cm³/mol. The molecule has 9 N–H and O–H groups in total. The van der Waals surface area contributed by atoms with Crippen LogP contribution in [0.4, 0.5) is 0 Å². The molecule has 1 aliphatic heterocycles. The van der Waals surface area contributed by atoms with Gasteiger partial charge in [0.1, 0.15) is 24.0 Å². The minimum absolute atomic E-state index is 0.319. The smallest absolute Gasteiger partial charge is 0.286 e. The molecule has 122 valence electrons. The SMILES string of the molecule is NNC(=O)c1ncn([C@@H]2O[C@@H](CO)[C@@H](O)[C@H]2O)c1C(=O)NN. The average molecular weight is 316 g/mol. The Hall–Kier alpha value is -2.09. The standard InChI is InChI=1S/C10H16N6O6/c11-14-8(20)4-5(9(21)15-12)16(2-13-4)10-7(19)6(18)3(1-17)22-10/h2-3,6-7,10,17-19H,1,11-12H2,(H,14,20)(H,15,21)/t3-,6+,7+,10+/m0/s1. The number of ether oxygens (including phenoxy) is 1. The molecule has 22 heavy (non-hydrogen) atoms. The Labute approximate surface area is 123 Å². The van der Waals surface area contributed by atoms with E-state index in [0.717, 1.165) is 10.9 Å². The Morgan fingerprint density at radius 2 is 1.91 bits per heavy atom. The Morgan fingerprint density at radius 1 is 1.27 bits per heavy atom. The molecular formula is C10H16N6O6. The van der Waals surface area contributed by atoms with Gasteiger partial charge in [-0.3, -0.25) is 25.0 Å². The first-order chi connectivity index (χ1) is 10.5. The topological polar surface area (TPSA) is 198 Å². The van der Waals surface area contributed by atoms with Gasteiger partial charge < -0.3 is 20.1 Å². The van der Waals surface area contributed by atoms with Gasteiger partial charge in [0.25, 0.3) is 11.8 Å². The molecular weight excluding hydrogens is 300 g/mol. The van der Waals surface area contributed by atoms with Gasteiger partial charge in [0, 0.05) is 0 Å². The number of amides is 2. The zero-order chi connectivity index (χ0) is 16.4. The average Bonchev–Trinajstić information content (AvgIpc) is 3.08. The maximum absolute atomic E-state index is 11.9. The lowest BCUT2D eigenvalue weighted by molar-refractivity contribution is -0.0535. The highest BCUT2D eigenvalue weighted by atomic mass is 16.6. The molecule has 2 rings (SSSR count). The minimum atomic E-state index is -1.45. The van der Waals surface area contributed by atoms with Crippen LogP contribution in [0.25, 0.3) is 0 Å². The second-order valence-corrected chi connectivity index (χ2v) is 4.52. The quantitative estimate of drug-likeness (QED) is 0.163. The minimum Gasteiger partial charge on any atom is -0.394 e. The van der Waals surface area contributed by atoms with E-state index in [4.69, 9.17) is 21.5 Å². The third-order valence-electron chi connectivity index (χ3n) is 3.28. The van der Waals surface area contributed by atoms with Crippen LogP contribution in [0.5, 0.6) is 0 Å². The fraction of sp³-hybridized carbons (Fsp3) is 0.500. The number of rotatable bonds is 4. The second-order valence-electron chi connectivity index (χ2n) is 4.52. The number of aliphatic hydroxyl groups excluding tert-OH is 3. The highest BCUT2D eigenvalue weighted by molar-refractivity contribution is 6.04. The molecule has 1 saturated heterocycles. The first-order valence-corrected chi connectivity index (χ1v) is 6.17. The summed E-state index contributed by atoms with van der Waals surface area (Å²) in [7, 11) is 0. The zero-order valence-electron chi connectivity index (χ0n) is 11.2. The molecule has 1 aliphatic rings. The van der Waals surface area contributed by atoms with E-state index in [2.05, 4.69) is 4.98 Å². The van der Waals surface area contributed by atoms with E-state index in [-0.39, 0.29) is 11.4 Å². The van der Waals surface area contributed by atoms with Crippen molar-refractivity contribution in [2.45, 2.75) is 24.5 Å². The van der Waals surface area contributed by atoms with Crippen molar-refractivity contribution in [3.63, 3.8) is 0 Å². The Kier molecular flexibility index (Phi) is 4.70. The lowest BCUT2D eigenvalue weighted by Gasteiger charge is -2.18. The van der Waals surface area contributed by atoms with Crippen molar-refractivity contribution in [1.29, 1.82) is 0 Å². The van der Waals surface area contributed by atoms with Gasteiger partial charge in [0.2, 0.25) is 0 Å². The van der Waals surface area contributed by atoms with E-state index < -0.39 is 43.0 Å². The van der Waals surface area contributed by atoms with Crippen LogP contribution < -0.4 is 22.5 Å². The molecule has 0 bridgehead atoms. The molecule has 12 heteroatoms. The van der Waals surface area contributed by atoms with E-state index in [1.165, 1.54) is 0 Å². The molecule has 2 amide bonds. The second kappa shape index (κ2) is 6.35. The summed E-state index contributed by atoms with van der Waals surface area (Å²) >= 11 is 0. The van der Waals surface area contributed by atoms with Gasteiger partial charge in [-0.15, -0.1) is 0 Å². The third kappa shape index (κ3) is 2.54. The predicted octanol–water partition coefficient (Wildman–Crippen LogP) is -4.30. The van der Waals surface area contributed by atoms with Crippen molar-refractivity contribution in [3.05, 3.63) is 17.7 Å². The molecule has 0 spiro atoms. The van der Waals surface area contributed by atoms with Gasteiger partial charge in [0.15, 0.2) is 11.9 Å². The number of hydrogen-bond acceptors (Lipinski definition) is 9. The summed E-state index contributed by atoms with van der Waals surface area (Å²) in [5.41, 5.74) is 2.98. The lowest BCUT2D eigenvalue weighted by atomic mass is 10.1. The summed E-state index contributed by atoms with van der Waals surface area (Å²) in [4.78, 5) is 27.2. The Balaban J connectivity index is 2.45. The van der Waals surface area contributed by atoms with Crippen LogP contribution in [0.15, 0.2) is 6.33 Å². The number of aromatic nitrogens is 2. The summed E-state index contributed by atoms with van der Waals surface area (Å²) in [6, 6.07) is 0. The number of nitrogens with two attached hydrogens (primary N) is 2. The number of nitrogen functional groups attached to an aromatic ring is 2. The maximum atomic E-state index is 11.9. The van der Waals surface area contributed by atoms with Gasteiger partial charge in [-0.2, -0.15) is 0 Å². The molecule has 1 aromatic heterocycles. The fourth-order valence-corrected chi connectivity index (χ4v) is 2.19. The Morgan fingerprint density at radius 3 is 2.41 bits per heavy atom. The van der Waals surface area contributed by atoms with Crippen molar-refractivity contribution < 1.29 is 29.6 Å². The molecule has 0 saturated carbocycles. The highest BCUT2D eigenvalue weighted by Gasteiger charge is 2.45. The first-order valence-electron chi connectivity index (χ1n) is 6.17. The largest absolute Gasteiger partial charge is 0.394 e. The van der Waals surface area contributed by atoms with Crippen LogP contribution in [0.3, 0.4) is 0 Å². The molecule has 0 unspecified atom stereocenters. The number of hydrazine groups is 2. The molecule has 1 aromatic rings. The molecule has 0 aromatic carbocycles. The summed E-state index contributed by atoms with van der Waals surface area (Å²) in [6.45, 7) is -0.544. The van der Waals surface area contributed by atoms with Crippen molar-refractivity contribution >= 4 is 11.8 Å². The zero-order valence-corrected chi connectivity index (χ0v) is 11.2. The summed E-state index contributed by atoms with van der Waals surface area (Å²) in [5, 5.41) is 28.8. The van der Waals surface area contributed by atoms with Gasteiger partial charge in [0.05, 0.1) is 12.9 Å². The molecule has 1 fully saturated rings. The number of carbonyl (C=O) groups excluding carboxylic acids is 2. The first kappa shape index (κ1) is 16.3. The molecule has 12 nitrogen and oxygen atoms in total. The van der Waals surface area contributed by atoms with Gasteiger partial charge in [-0.05, 0) is 0 Å². The van der Waals surface area contributed by atoms with Crippen molar-refractivity contribution in [3.8, 4) is 0 Å². The number of nitrogens with zero attached hydrogens (tertiary/aromatic N) is 2. The van der Waals surface area contributed by atoms with Gasteiger partial charge >= 0.3 is 0 Å². The van der Waals surface area contributed by atoms with E-state index in [1.807, 2.05) is 10.9 Å². The van der Waals surface area contributed by atoms with Crippen LogP contribution >= 0.6 is 0 Å². The molecule has 0 aliphatic carbocycles. The summed E-state index contributed by atoms with van der Waals surface area (Å²) in [5.74, 6) is 8.33. The Bertz CT molecular complexity index is 576. The number of hydrogen-bond donors (Lipinski definition) is 7. The fourth-order valence-electron chi connectivity index (χ4n) is 2.19. The highest BCUT2D eigenvalue weighted by Crippen LogP contribution is 2.30. The van der Waals surface area contributed by atoms with Crippen LogP contribution in [0.1, 0.15) is 27.2 Å². The lowest BCUT2D eigenvalue weighted by Crippen LogP contribution is -2.38. The summed E-state index contributed by atoms with van der Waals surface area (Å²) < 4.78 is 6.30. The van der Waals surface area contributed by atoms with E-state index >= 15 is 0 Å². The third-order valence-corrected chi connectivity index (χ3v) is 3.28. The van der Waals surface area contributed by atoms with E-state index in [0.29, 0.717) is 0 Å². The van der Waals surface area contributed by atoms with Crippen LogP contribution in [0, 0.1) is 0 Å².